The lowest BCUT2D eigenvalue weighted by molar-refractivity contribution is -0.385. The summed E-state index contributed by atoms with van der Waals surface area (Å²) in [5, 5.41) is 20.8. The fourth-order valence-corrected chi connectivity index (χ4v) is 1.65. The van der Waals surface area contributed by atoms with Crippen molar-refractivity contribution in [1.82, 2.24) is 14.8 Å². The summed E-state index contributed by atoms with van der Waals surface area (Å²) in [6, 6.07) is 3.30. The molecule has 7 nitrogen and oxygen atoms in total. The Labute approximate surface area is 112 Å². The Kier molecular flexibility index (Phi) is 3.87. The molecule has 0 unspecified atom stereocenters. The van der Waals surface area contributed by atoms with Gasteiger partial charge in [0, 0.05) is 30.4 Å². The molecule has 9 heteroatoms. The number of aryl methyl sites for hydroxylation is 1. The van der Waals surface area contributed by atoms with Crippen molar-refractivity contribution >= 4 is 11.4 Å². The first-order valence-corrected chi connectivity index (χ1v) is 5.62. The van der Waals surface area contributed by atoms with Gasteiger partial charge >= 0.3 is 0 Å². The van der Waals surface area contributed by atoms with E-state index in [1.807, 2.05) is 0 Å². The second-order valence-corrected chi connectivity index (χ2v) is 4.04. The summed E-state index contributed by atoms with van der Waals surface area (Å²) in [4.78, 5) is 9.88. The van der Waals surface area contributed by atoms with Crippen molar-refractivity contribution in [2.45, 2.75) is 13.0 Å². The van der Waals surface area contributed by atoms with Crippen LogP contribution in [0.15, 0.2) is 24.5 Å². The molecule has 0 bridgehead atoms. The van der Waals surface area contributed by atoms with Crippen LogP contribution in [0.1, 0.15) is 17.8 Å². The molecule has 0 aliphatic carbocycles. The fraction of sp³-hybridized carbons (Fsp3) is 0.273. The predicted molar refractivity (Wildman–Crippen MR) is 66.4 cm³/mol. The molecule has 2 rings (SSSR count). The van der Waals surface area contributed by atoms with Gasteiger partial charge in [-0.25, -0.2) is 8.78 Å². The van der Waals surface area contributed by atoms with Crippen molar-refractivity contribution in [3.8, 4) is 0 Å². The number of rotatable bonds is 5. The highest BCUT2D eigenvalue weighted by Crippen LogP contribution is 2.30. The lowest BCUT2D eigenvalue weighted by atomic mass is 10.1. The van der Waals surface area contributed by atoms with Crippen molar-refractivity contribution in [2.75, 3.05) is 5.32 Å². The van der Waals surface area contributed by atoms with Gasteiger partial charge < -0.3 is 9.88 Å². The lowest BCUT2D eigenvalue weighted by Crippen LogP contribution is -2.07. The van der Waals surface area contributed by atoms with Crippen molar-refractivity contribution < 1.29 is 13.7 Å². The molecule has 0 radical (unpaired) electrons. The van der Waals surface area contributed by atoms with E-state index in [1.165, 1.54) is 18.5 Å². The largest absolute Gasteiger partial charge is 0.377 e. The van der Waals surface area contributed by atoms with Crippen molar-refractivity contribution in [3.05, 3.63) is 46.0 Å². The van der Waals surface area contributed by atoms with E-state index in [0.29, 0.717) is 5.82 Å². The first-order valence-electron chi connectivity index (χ1n) is 5.62. The molecule has 0 aliphatic heterocycles. The maximum absolute atomic E-state index is 12.9. The van der Waals surface area contributed by atoms with E-state index in [2.05, 4.69) is 15.5 Å². The summed E-state index contributed by atoms with van der Waals surface area (Å²) in [6.07, 6.45) is -1.32. The number of nitrogens with zero attached hydrogens (tertiary/aromatic N) is 4. The van der Waals surface area contributed by atoms with Crippen molar-refractivity contribution in [3.63, 3.8) is 0 Å². The van der Waals surface area contributed by atoms with Crippen LogP contribution in [-0.4, -0.2) is 19.7 Å². The number of hydrogen-bond acceptors (Lipinski definition) is 5. The summed E-state index contributed by atoms with van der Waals surface area (Å²) in [5.74, 6) is 0.559. The molecule has 20 heavy (non-hydrogen) atoms. The number of nitrogens with one attached hydrogen (secondary N) is 1. The zero-order valence-corrected chi connectivity index (χ0v) is 10.5. The number of anilines is 1. The quantitative estimate of drug-likeness (QED) is 0.672. The molecule has 0 atom stereocenters. The third-order valence-corrected chi connectivity index (χ3v) is 2.72. The minimum atomic E-state index is -2.81. The molecule has 1 aromatic heterocycles. The minimum Gasteiger partial charge on any atom is -0.377 e. The van der Waals surface area contributed by atoms with Gasteiger partial charge in [0.05, 0.1) is 11.5 Å². The van der Waals surface area contributed by atoms with Gasteiger partial charge in [-0.1, -0.05) is 0 Å². The van der Waals surface area contributed by atoms with Gasteiger partial charge in [-0.2, -0.15) is 0 Å². The Morgan fingerprint density at radius 3 is 2.80 bits per heavy atom. The van der Waals surface area contributed by atoms with Crippen LogP contribution >= 0.6 is 0 Å². The van der Waals surface area contributed by atoms with E-state index in [-0.39, 0.29) is 17.9 Å². The number of hydrogen-bond donors (Lipinski definition) is 1. The summed E-state index contributed by atoms with van der Waals surface area (Å²) in [6.45, 7) is 0.189. The highest BCUT2D eigenvalue weighted by atomic mass is 19.3. The molecule has 0 saturated heterocycles. The van der Waals surface area contributed by atoms with Crippen LogP contribution in [0.3, 0.4) is 0 Å². The lowest BCUT2D eigenvalue weighted by Gasteiger charge is -2.11. The van der Waals surface area contributed by atoms with Gasteiger partial charge in [-0.05, 0) is 6.07 Å². The molecule has 0 aliphatic rings. The molecular weight excluding hydrogens is 272 g/mol. The number of nitro benzene ring substituents is 1. The number of halogens is 2. The summed E-state index contributed by atoms with van der Waals surface area (Å²) in [5.41, 5.74) is -0.653. The van der Waals surface area contributed by atoms with E-state index >= 15 is 0 Å². The van der Waals surface area contributed by atoms with Crippen LogP contribution in [0, 0.1) is 10.1 Å². The van der Waals surface area contributed by atoms with Gasteiger partial charge in [0.2, 0.25) is 0 Å². The van der Waals surface area contributed by atoms with Crippen molar-refractivity contribution in [1.29, 1.82) is 0 Å². The van der Waals surface area contributed by atoms with E-state index in [1.54, 1.807) is 11.6 Å². The van der Waals surface area contributed by atoms with E-state index < -0.39 is 16.9 Å². The zero-order valence-electron chi connectivity index (χ0n) is 10.5. The molecule has 1 N–H and O–H groups in total. The molecule has 106 valence electrons. The second kappa shape index (κ2) is 5.59. The molecule has 1 aromatic carbocycles. The topological polar surface area (TPSA) is 85.9 Å². The molecule has 0 saturated carbocycles. The standard InChI is InChI=1S/C11H11F2N5O2/c1-17-6-15-16-10(17)5-14-9-3-2-7(18(19)20)4-8(9)11(12)13/h2-4,6,11,14H,5H2,1H3. The maximum atomic E-state index is 12.9. The fourth-order valence-electron chi connectivity index (χ4n) is 1.65. The molecule has 1 heterocycles. The number of benzene rings is 1. The Bertz CT molecular complexity index is 629. The normalized spacial score (nSPS) is 10.8. The number of aromatic nitrogens is 3. The monoisotopic (exact) mass is 283 g/mol. The zero-order chi connectivity index (χ0) is 14.7. The van der Waals surface area contributed by atoms with E-state index in [4.69, 9.17) is 0 Å². The van der Waals surface area contributed by atoms with Crippen LogP contribution in [0.5, 0.6) is 0 Å². The molecule has 0 spiro atoms. The van der Waals surface area contributed by atoms with Gasteiger partial charge in [0.1, 0.15) is 6.33 Å². The average molecular weight is 283 g/mol. The van der Waals surface area contributed by atoms with Crippen LogP contribution in [0.25, 0.3) is 0 Å². The first-order chi connectivity index (χ1) is 9.49. The highest BCUT2D eigenvalue weighted by Gasteiger charge is 2.18. The molecular formula is C11H11F2N5O2. The first kappa shape index (κ1) is 13.8. The summed E-state index contributed by atoms with van der Waals surface area (Å²) < 4.78 is 27.5. The van der Waals surface area contributed by atoms with Crippen LogP contribution in [0.2, 0.25) is 0 Å². The summed E-state index contributed by atoms with van der Waals surface area (Å²) >= 11 is 0. The van der Waals surface area contributed by atoms with Crippen LogP contribution < -0.4 is 5.32 Å². The number of non-ortho nitro benzene ring substituents is 1. The minimum absolute atomic E-state index is 0.133. The third kappa shape index (κ3) is 2.87. The SMILES string of the molecule is Cn1cnnc1CNc1ccc([N+](=O)[O-])cc1C(F)F. The number of nitro groups is 1. The number of alkyl halides is 2. The third-order valence-electron chi connectivity index (χ3n) is 2.72. The predicted octanol–water partition coefficient (Wildman–Crippen LogP) is 2.27. The molecule has 2 aromatic rings. The molecule has 0 fully saturated rings. The van der Waals surface area contributed by atoms with E-state index in [0.717, 1.165) is 6.07 Å². The molecule has 0 amide bonds. The van der Waals surface area contributed by atoms with Gasteiger partial charge in [0.15, 0.2) is 5.82 Å². The van der Waals surface area contributed by atoms with Gasteiger partial charge in [-0.3, -0.25) is 10.1 Å². The Hall–Kier alpha value is -2.58. The second-order valence-electron chi connectivity index (χ2n) is 4.04. The summed E-state index contributed by atoms with van der Waals surface area (Å²) in [7, 11) is 1.72. The van der Waals surface area contributed by atoms with Crippen molar-refractivity contribution in [2.24, 2.45) is 7.05 Å². The Balaban J connectivity index is 2.22. The Morgan fingerprint density at radius 1 is 1.50 bits per heavy atom. The van der Waals surface area contributed by atoms with E-state index in [9.17, 15) is 18.9 Å². The van der Waals surface area contributed by atoms with Gasteiger partial charge in [-0.15, -0.1) is 10.2 Å². The average Bonchev–Trinajstić information content (AvgIpc) is 2.81. The highest BCUT2D eigenvalue weighted by molar-refractivity contribution is 5.56. The smallest absolute Gasteiger partial charge is 0.270 e. The Morgan fingerprint density at radius 2 is 2.25 bits per heavy atom. The maximum Gasteiger partial charge on any atom is 0.270 e. The van der Waals surface area contributed by atoms with Crippen LogP contribution in [-0.2, 0) is 13.6 Å². The van der Waals surface area contributed by atoms with Crippen LogP contribution in [0.4, 0.5) is 20.2 Å². The van der Waals surface area contributed by atoms with Gasteiger partial charge in [0.25, 0.3) is 12.1 Å².